The van der Waals surface area contributed by atoms with Crippen LogP contribution in [0.4, 0.5) is 10.5 Å². The van der Waals surface area contributed by atoms with Crippen LogP contribution in [0.1, 0.15) is 32.9 Å². The maximum Gasteiger partial charge on any atom is 0.407 e. The van der Waals surface area contributed by atoms with Crippen LogP contribution in [0, 0.1) is 6.92 Å². The number of carbonyl (C=O) groups is 2. The SMILES string of the molecule is Cc1nn(C)c2cc(NC(=O)CCNC(=O)OC(C)(C)C)ccc12. The fraction of sp³-hybridized carbons (Fsp3) is 0.471. The summed E-state index contributed by atoms with van der Waals surface area (Å²) >= 11 is 0. The molecule has 1 aromatic heterocycles. The van der Waals surface area contributed by atoms with Crippen molar-refractivity contribution in [3.05, 3.63) is 23.9 Å². The Labute approximate surface area is 141 Å². The zero-order chi connectivity index (χ0) is 17.9. The van der Waals surface area contributed by atoms with Gasteiger partial charge in [0.2, 0.25) is 5.91 Å². The maximum atomic E-state index is 12.0. The van der Waals surface area contributed by atoms with Crippen LogP contribution in [0.25, 0.3) is 10.9 Å². The smallest absolute Gasteiger partial charge is 0.407 e. The molecule has 7 heteroatoms. The number of aromatic nitrogens is 2. The van der Waals surface area contributed by atoms with E-state index in [1.807, 2.05) is 32.2 Å². The van der Waals surface area contributed by atoms with Gasteiger partial charge in [0, 0.05) is 31.1 Å². The van der Waals surface area contributed by atoms with E-state index in [9.17, 15) is 9.59 Å². The van der Waals surface area contributed by atoms with E-state index in [0.29, 0.717) is 5.69 Å². The third-order valence-electron chi connectivity index (χ3n) is 3.34. The normalized spacial score (nSPS) is 11.4. The molecule has 1 heterocycles. The molecule has 0 unspecified atom stereocenters. The van der Waals surface area contributed by atoms with Crippen molar-refractivity contribution < 1.29 is 14.3 Å². The van der Waals surface area contributed by atoms with Gasteiger partial charge >= 0.3 is 6.09 Å². The molecule has 130 valence electrons. The molecule has 0 bridgehead atoms. The lowest BCUT2D eigenvalue weighted by molar-refractivity contribution is -0.116. The number of carbonyl (C=O) groups excluding carboxylic acids is 2. The number of hydrogen-bond donors (Lipinski definition) is 2. The minimum Gasteiger partial charge on any atom is -0.444 e. The second kappa shape index (κ2) is 6.90. The zero-order valence-electron chi connectivity index (χ0n) is 14.8. The quantitative estimate of drug-likeness (QED) is 0.901. The first-order valence-electron chi connectivity index (χ1n) is 7.86. The average molecular weight is 332 g/mol. The van der Waals surface area contributed by atoms with Crippen LogP contribution in [-0.4, -0.2) is 33.9 Å². The number of fused-ring (bicyclic) bond motifs is 1. The molecule has 0 fully saturated rings. The number of hydrogen-bond acceptors (Lipinski definition) is 4. The van der Waals surface area contributed by atoms with Crippen molar-refractivity contribution in [2.24, 2.45) is 7.05 Å². The van der Waals surface area contributed by atoms with Crippen molar-refractivity contribution >= 4 is 28.6 Å². The largest absolute Gasteiger partial charge is 0.444 e. The third-order valence-corrected chi connectivity index (χ3v) is 3.34. The average Bonchev–Trinajstić information content (AvgIpc) is 2.71. The Morgan fingerprint density at radius 3 is 2.67 bits per heavy atom. The van der Waals surface area contributed by atoms with E-state index >= 15 is 0 Å². The van der Waals surface area contributed by atoms with Gasteiger partial charge < -0.3 is 15.4 Å². The molecule has 2 amide bonds. The molecule has 0 saturated carbocycles. The van der Waals surface area contributed by atoms with Crippen LogP contribution < -0.4 is 10.6 Å². The van der Waals surface area contributed by atoms with Gasteiger partial charge in [0.05, 0.1) is 11.2 Å². The van der Waals surface area contributed by atoms with E-state index in [-0.39, 0.29) is 18.9 Å². The van der Waals surface area contributed by atoms with Crippen LogP contribution in [0.15, 0.2) is 18.2 Å². The number of nitrogens with one attached hydrogen (secondary N) is 2. The van der Waals surface area contributed by atoms with Gasteiger partial charge in [-0.2, -0.15) is 5.10 Å². The van der Waals surface area contributed by atoms with Crippen LogP contribution in [-0.2, 0) is 16.6 Å². The van der Waals surface area contributed by atoms with E-state index < -0.39 is 11.7 Å². The first-order valence-corrected chi connectivity index (χ1v) is 7.86. The monoisotopic (exact) mass is 332 g/mol. The Bertz CT molecular complexity index is 759. The van der Waals surface area contributed by atoms with Gasteiger partial charge in [-0.05, 0) is 45.9 Å². The second-order valence-corrected chi connectivity index (χ2v) is 6.67. The van der Waals surface area contributed by atoms with Gasteiger partial charge in [0.25, 0.3) is 0 Å². The number of rotatable bonds is 4. The van der Waals surface area contributed by atoms with E-state index in [1.54, 1.807) is 25.5 Å². The Kier molecular flexibility index (Phi) is 5.11. The van der Waals surface area contributed by atoms with Gasteiger partial charge in [0.1, 0.15) is 5.60 Å². The molecule has 0 spiro atoms. The fourth-order valence-corrected chi connectivity index (χ4v) is 2.33. The van der Waals surface area contributed by atoms with Crippen LogP contribution >= 0.6 is 0 Å². The molecule has 0 radical (unpaired) electrons. The highest BCUT2D eigenvalue weighted by Crippen LogP contribution is 2.21. The van der Waals surface area contributed by atoms with Crippen molar-refractivity contribution in [1.29, 1.82) is 0 Å². The number of alkyl carbamates (subject to hydrolysis) is 1. The molecule has 0 aliphatic heterocycles. The summed E-state index contributed by atoms with van der Waals surface area (Å²) in [5, 5.41) is 10.8. The second-order valence-electron chi connectivity index (χ2n) is 6.67. The number of aryl methyl sites for hydroxylation is 2. The molecule has 2 aromatic rings. The van der Waals surface area contributed by atoms with Crippen LogP contribution in [0.2, 0.25) is 0 Å². The van der Waals surface area contributed by atoms with Crippen molar-refractivity contribution in [2.75, 3.05) is 11.9 Å². The van der Waals surface area contributed by atoms with Gasteiger partial charge in [-0.15, -0.1) is 0 Å². The molecular formula is C17H24N4O3. The molecular weight excluding hydrogens is 308 g/mol. The van der Waals surface area contributed by atoms with Crippen LogP contribution in [0.3, 0.4) is 0 Å². The van der Waals surface area contributed by atoms with E-state index in [1.165, 1.54) is 0 Å². The first-order chi connectivity index (χ1) is 11.2. The van der Waals surface area contributed by atoms with Crippen molar-refractivity contribution in [3.63, 3.8) is 0 Å². The standard InChI is InChI=1S/C17H24N4O3/c1-11-13-7-6-12(10-14(13)21(5)20-11)19-15(22)8-9-18-16(23)24-17(2,3)4/h6-7,10H,8-9H2,1-5H3,(H,18,23)(H,19,22). The Balaban J connectivity index is 1.86. The number of ether oxygens (including phenoxy) is 1. The maximum absolute atomic E-state index is 12.0. The molecule has 1 aromatic carbocycles. The predicted molar refractivity (Wildman–Crippen MR) is 92.9 cm³/mol. The summed E-state index contributed by atoms with van der Waals surface area (Å²) in [6, 6.07) is 5.66. The van der Waals surface area contributed by atoms with E-state index in [4.69, 9.17) is 4.74 Å². The minimum atomic E-state index is -0.553. The third kappa shape index (κ3) is 4.71. The first kappa shape index (κ1) is 17.8. The zero-order valence-corrected chi connectivity index (χ0v) is 14.8. The Morgan fingerprint density at radius 2 is 2.00 bits per heavy atom. The van der Waals surface area contributed by atoms with Gasteiger partial charge in [-0.3, -0.25) is 9.48 Å². The van der Waals surface area contributed by atoms with Gasteiger partial charge in [-0.1, -0.05) is 0 Å². The topological polar surface area (TPSA) is 85.3 Å². The summed E-state index contributed by atoms with van der Waals surface area (Å²) in [6.07, 6.45) is -0.358. The summed E-state index contributed by atoms with van der Waals surface area (Å²) in [4.78, 5) is 23.5. The predicted octanol–water partition coefficient (Wildman–Crippen LogP) is 2.74. The summed E-state index contributed by atoms with van der Waals surface area (Å²) in [5.74, 6) is -0.177. The molecule has 2 rings (SSSR count). The fourth-order valence-electron chi connectivity index (χ4n) is 2.33. The lowest BCUT2D eigenvalue weighted by Crippen LogP contribution is -2.34. The minimum absolute atomic E-state index is 0.168. The Hall–Kier alpha value is -2.57. The van der Waals surface area contributed by atoms with E-state index in [0.717, 1.165) is 16.6 Å². The molecule has 0 saturated heterocycles. The van der Waals surface area contributed by atoms with Gasteiger partial charge in [0.15, 0.2) is 0 Å². The number of nitrogens with zero attached hydrogens (tertiary/aromatic N) is 2. The number of benzene rings is 1. The highest BCUT2D eigenvalue weighted by atomic mass is 16.6. The lowest BCUT2D eigenvalue weighted by atomic mass is 10.2. The van der Waals surface area contributed by atoms with E-state index in [2.05, 4.69) is 15.7 Å². The summed E-state index contributed by atoms with van der Waals surface area (Å²) in [6.45, 7) is 7.53. The molecule has 24 heavy (non-hydrogen) atoms. The summed E-state index contributed by atoms with van der Waals surface area (Å²) in [5.41, 5.74) is 2.06. The van der Waals surface area contributed by atoms with Crippen molar-refractivity contribution in [2.45, 2.75) is 39.7 Å². The lowest BCUT2D eigenvalue weighted by Gasteiger charge is -2.19. The highest BCUT2D eigenvalue weighted by molar-refractivity contribution is 5.94. The Morgan fingerprint density at radius 1 is 1.29 bits per heavy atom. The molecule has 2 N–H and O–H groups in total. The number of amides is 2. The van der Waals surface area contributed by atoms with Crippen LogP contribution in [0.5, 0.6) is 0 Å². The molecule has 0 aliphatic rings. The van der Waals surface area contributed by atoms with Crippen molar-refractivity contribution in [1.82, 2.24) is 15.1 Å². The molecule has 0 atom stereocenters. The van der Waals surface area contributed by atoms with Gasteiger partial charge in [-0.25, -0.2) is 4.79 Å². The van der Waals surface area contributed by atoms with Crippen molar-refractivity contribution in [3.8, 4) is 0 Å². The number of anilines is 1. The molecule has 0 aliphatic carbocycles. The molecule has 7 nitrogen and oxygen atoms in total. The summed E-state index contributed by atoms with van der Waals surface area (Å²) < 4.78 is 6.89. The highest BCUT2D eigenvalue weighted by Gasteiger charge is 2.16. The summed E-state index contributed by atoms with van der Waals surface area (Å²) in [7, 11) is 1.87.